The van der Waals surface area contributed by atoms with E-state index in [1.165, 1.54) is 17.7 Å². The largest absolute Gasteiger partial charge is 0.342 e. The molecule has 3 aliphatic rings. The predicted molar refractivity (Wildman–Crippen MR) is 141 cm³/mol. The van der Waals surface area contributed by atoms with E-state index in [2.05, 4.69) is 29.2 Å². The van der Waals surface area contributed by atoms with Gasteiger partial charge >= 0.3 is 0 Å². The molecule has 5 nitrogen and oxygen atoms in total. The van der Waals surface area contributed by atoms with Gasteiger partial charge in [0.05, 0.1) is 5.41 Å². The number of rotatable bonds is 6. The maximum Gasteiger partial charge on any atom is 0.229 e. The molecule has 2 atom stereocenters. The van der Waals surface area contributed by atoms with Crippen LogP contribution in [0.4, 0.5) is 4.39 Å². The maximum absolute atomic E-state index is 13.4. The first-order valence-corrected chi connectivity index (χ1v) is 13.1. The van der Waals surface area contributed by atoms with Gasteiger partial charge in [0.2, 0.25) is 11.8 Å². The number of carbonyl (C=O) groups is 2. The minimum atomic E-state index is -0.246. The second-order valence-corrected chi connectivity index (χ2v) is 10.6. The third-order valence-electron chi connectivity index (χ3n) is 8.52. The summed E-state index contributed by atoms with van der Waals surface area (Å²) in [6.07, 6.45) is 3.25. The van der Waals surface area contributed by atoms with Crippen molar-refractivity contribution in [3.8, 4) is 0 Å². The molecule has 3 fully saturated rings. The van der Waals surface area contributed by atoms with Crippen molar-refractivity contribution >= 4 is 24.2 Å². The molecule has 2 aromatic carbocycles. The third kappa shape index (κ3) is 5.45. The highest BCUT2D eigenvalue weighted by Gasteiger charge is 2.48. The van der Waals surface area contributed by atoms with Crippen LogP contribution in [-0.2, 0) is 16.1 Å². The average molecular weight is 514 g/mol. The fraction of sp³-hybridized carbons (Fsp3) is 0.517. The Morgan fingerprint density at radius 1 is 0.972 bits per heavy atom. The smallest absolute Gasteiger partial charge is 0.229 e. The van der Waals surface area contributed by atoms with E-state index in [4.69, 9.17) is 0 Å². The highest BCUT2D eigenvalue weighted by Crippen LogP contribution is 2.43. The minimum absolute atomic E-state index is 0. The highest BCUT2D eigenvalue weighted by atomic mass is 35.5. The van der Waals surface area contributed by atoms with Crippen LogP contribution in [-0.4, -0.2) is 65.8 Å². The number of piperidine rings is 1. The van der Waals surface area contributed by atoms with Gasteiger partial charge < -0.3 is 14.7 Å². The van der Waals surface area contributed by atoms with Gasteiger partial charge in [0.15, 0.2) is 0 Å². The van der Waals surface area contributed by atoms with Crippen LogP contribution in [0.5, 0.6) is 0 Å². The molecule has 0 aromatic heterocycles. The highest BCUT2D eigenvalue weighted by molar-refractivity contribution is 5.85. The van der Waals surface area contributed by atoms with Crippen molar-refractivity contribution in [3.05, 3.63) is 71.5 Å². The Labute approximate surface area is 220 Å². The van der Waals surface area contributed by atoms with Gasteiger partial charge in [0.25, 0.3) is 0 Å². The van der Waals surface area contributed by atoms with Crippen LogP contribution < -0.4 is 0 Å². The van der Waals surface area contributed by atoms with Gasteiger partial charge in [-0.05, 0) is 61.5 Å². The summed E-state index contributed by atoms with van der Waals surface area (Å²) >= 11 is 0. The zero-order valence-electron chi connectivity index (χ0n) is 21.1. The number of carbonyl (C=O) groups excluding carboxylic acids is 2. The summed E-state index contributed by atoms with van der Waals surface area (Å²) in [5.74, 6) is 1.04. The lowest BCUT2D eigenvalue weighted by atomic mass is 9.76. The van der Waals surface area contributed by atoms with E-state index in [0.717, 1.165) is 64.1 Å². The first kappa shape index (κ1) is 26.6. The van der Waals surface area contributed by atoms with E-state index >= 15 is 0 Å². The third-order valence-corrected chi connectivity index (χ3v) is 8.52. The van der Waals surface area contributed by atoms with Gasteiger partial charge in [-0.25, -0.2) is 4.39 Å². The average Bonchev–Trinajstić information content (AvgIpc) is 3.44. The zero-order valence-corrected chi connectivity index (χ0v) is 21.9. The van der Waals surface area contributed by atoms with Crippen LogP contribution in [0, 0.1) is 17.2 Å². The molecule has 3 heterocycles. The van der Waals surface area contributed by atoms with Crippen LogP contribution in [0.3, 0.4) is 0 Å². The Bertz CT molecular complexity index is 1040. The van der Waals surface area contributed by atoms with Gasteiger partial charge in [-0.15, -0.1) is 12.4 Å². The van der Waals surface area contributed by atoms with E-state index < -0.39 is 0 Å². The van der Waals surface area contributed by atoms with Crippen LogP contribution in [0.25, 0.3) is 0 Å². The summed E-state index contributed by atoms with van der Waals surface area (Å²) in [6.45, 7) is 7.72. The van der Waals surface area contributed by atoms with Gasteiger partial charge in [0, 0.05) is 45.1 Å². The van der Waals surface area contributed by atoms with E-state index in [1.54, 1.807) is 12.1 Å². The molecule has 0 aliphatic carbocycles. The Morgan fingerprint density at radius 2 is 1.64 bits per heavy atom. The molecule has 194 valence electrons. The topological polar surface area (TPSA) is 43.9 Å². The summed E-state index contributed by atoms with van der Waals surface area (Å²) in [6, 6.07) is 17.1. The molecule has 0 saturated carbocycles. The number of hydrogen-bond donors (Lipinski definition) is 0. The van der Waals surface area contributed by atoms with E-state index in [0.29, 0.717) is 24.8 Å². The van der Waals surface area contributed by atoms with Crippen molar-refractivity contribution in [3.63, 3.8) is 0 Å². The lowest BCUT2D eigenvalue weighted by molar-refractivity contribution is -0.139. The molecule has 0 radical (unpaired) electrons. The molecule has 1 spiro atoms. The molecular formula is C29H37ClFN3O2. The summed E-state index contributed by atoms with van der Waals surface area (Å²) in [5, 5.41) is 0. The van der Waals surface area contributed by atoms with E-state index in [-0.39, 0.29) is 35.5 Å². The molecule has 3 saturated heterocycles. The van der Waals surface area contributed by atoms with Crippen molar-refractivity contribution < 1.29 is 14.0 Å². The molecular weight excluding hydrogens is 477 g/mol. The molecule has 0 N–H and O–H groups in total. The van der Waals surface area contributed by atoms with Crippen molar-refractivity contribution in [2.75, 3.05) is 39.3 Å². The Morgan fingerprint density at radius 3 is 2.31 bits per heavy atom. The van der Waals surface area contributed by atoms with Gasteiger partial charge in [-0.1, -0.05) is 49.4 Å². The van der Waals surface area contributed by atoms with Crippen molar-refractivity contribution in [1.82, 2.24) is 14.7 Å². The van der Waals surface area contributed by atoms with E-state index in [1.807, 2.05) is 22.8 Å². The number of halogens is 2. The van der Waals surface area contributed by atoms with Gasteiger partial charge in [-0.2, -0.15) is 0 Å². The number of hydrogen-bond acceptors (Lipinski definition) is 3. The van der Waals surface area contributed by atoms with Crippen molar-refractivity contribution in [2.45, 2.75) is 45.1 Å². The Kier molecular flexibility index (Phi) is 8.36. The van der Waals surface area contributed by atoms with E-state index in [9.17, 15) is 14.0 Å². The lowest BCUT2D eigenvalue weighted by Gasteiger charge is -2.39. The standard InChI is InChI=1S/C29H36FN3O2.ClH/c1-2-27(34)33-20-24(26(21-33)23-6-4-3-5-7-23)19-31-15-12-29(13-16-31)14-17-32(28(29)35)18-22-8-10-25(30)11-9-22;/h3-11,24,26H,2,12-21H2,1H3;1H. The van der Waals surface area contributed by atoms with Gasteiger partial charge in [-0.3, -0.25) is 9.59 Å². The molecule has 2 aromatic rings. The summed E-state index contributed by atoms with van der Waals surface area (Å²) < 4.78 is 13.2. The second-order valence-electron chi connectivity index (χ2n) is 10.6. The normalized spacial score (nSPS) is 23.8. The van der Waals surface area contributed by atoms with Crippen LogP contribution in [0.1, 0.15) is 49.7 Å². The first-order chi connectivity index (χ1) is 17.0. The molecule has 2 unspecified atom stereocenters. The zero-order chi connectivity index (χ0) is 24.4. The molecule has 7 heteroatoms. The SMILES string of the molecule is CCC(=O)N1CC(CN2CCC3(CC2)CCN(Cc2ccc(F)cc2)C3=O)C(c2ccccc2)C1.Cl. The number of amides is 2. The Balaban J connectivity index is 0.00000304. The number of likely N-dealkylation sites (tertiary alicyclic amines) is 3. The lowest BCUT2D eigenvalue weighted by Crippen LogP contribution is -2.46. The summed E-state index contributed by atoms with van der Waals surface area (Å²) in [7, 11) is 0. The first-order valence-electron chi connectivity index (χ1n) is 13.1. The quantitative estimate of drug-likeness (QED) is 0.561. The Hall–Kier alpha value is -2.44. The molecule has 5 rings (SSSR count). The fourth-order valence-electron chi connectivity index (χ4n) is 6.37. The number of benzene rings is 2. The van der Waals surface area contributed by atoms with Gasteiger partial charge in [0.1, 0.15) is 5.82 Å². The molecule has 3 aliphatic heterocycles. The van der Waals surface area contributed by atoms with Crippen molar-refractivity contribution in [2.24, 2.45) is 11.3 Å². The minimum Gasteiger partial charge on any atom is -0.342 e. The van der Waals surface area contributed by atoms with Crippen LogP contribution in [0.2, 0.25) is 0 Å². The predicted octanol–water partition coefficient (Wildman–Crippen LogP) is 4.71. The van der Waals surface area contributed by atoms with Crippen LogP contribution >= 0.6 is 12.4 Å². The number of nitrogens with zero attached hydrogens (tertiary/aromatic N) is 3. The monoisotopic (exact) mass is 513 g/mol. The molecule has 2 amide bonds. The molecule has 0 bridgehead atoms. The molecule has 36 heavy (non-hydrogen) atoms. The van der Waals surface area contributed by atoms with Crippen molar-refractivity contribution in [1.29, 1.82) is 0 Å². The summed E-state index contributed by atoms with van der Waals surface area (Å²) in [5.41, 5.74) is 2.06. The van der Waals surface area contributed by atoms with Crippen LogP contribution in [0.15, 0.2) is 54.6 Å². The fourth-order valence-corrected chi connectivity index (χ4v) is 6.37. The maximum atomic E-state index is 13.4. The summed E-state index contributed by atoms with van der Waals surface area (Å²) in [4.78, 5) is 32.4. The second kappa shape index (κ2) is 11.3.